The van der Waals surface area contributed by atoms with Gasteiger partial charge in [0.25, 0.3) is 0 Å². The van der Waals surface area contributed by atoms with Crippen LogP contribution in [0.25, 0.3) is 0 Å². The zero-order chi connectivity index (χ0) is 23.3. The number of hydrogen-bond acceptors (Lipinski definition) is 4. The van der Waals surface area contributed by atoms with Gasteiger partial charge in [0.05, 0.1) is 20.4 Å². The maximum atomic E-state index is 12.0. The van der Waals surface area contributed by atoms with Gasteiger partial charge in [-0.3, -0.25) is 4.79 Å². The Balaban J connectivity index is 1.97. The molecule has 1 rings (SSSR count). The van der Waals surface area contributed by atoms with Crippen LogP contribution in [0, 0.1) is 0 Å². The van der Waals surface area contributed by atoms with Gasteiger partial charge < -0.3 is 9.47 Å². The maximum absolute atomic E-state index is 12.0. The van der Waals surface area contributed by atoms with Crippen LogP contribution in [-0.2, 0) is 4.79 Å². The van der Waals surface area contributed by atoms with Gasteiger partial charge in [-0.25, -0.2) is 5.43 Å². The van der Waals surface area contributed by atoms with E-state index in [4.69, 9.17) is 9.47 Å². The summed E-state index contributed by atoms with van der Waals surface area (Å²) in [7, 11) is 3.22. The van der Waals surface area contributed by atoms with Crippen molar-refractivity contribution in [2.75, 3.05) is 14.2 Å². The molecule has 0 aliphatic carbocycles. The van der Waals surface area contributed by atoms with E-state index in [1.165, 1.54) is 83.5 Å². The van der Waals surface area contributed by atoms with Gasteiger partial charge >= 0.3 is 0 Å². The standard InChI is InChI=1S/C27H46N2O3/c1-4-5-6-7-8-9-10-11-12-13-14-15-16-17-18-19-27(30)29-28-23-24-22-25(31-2)20-21-26(24)32-3/h20-23H,4-19H2,1-3H3,(H,29,30)/b28-23-. The smallest absolute Gasteiger partial charge is 0.240 e. The molecular weight excluding hydrogens is 400 g/mol. The molecule has 182 valence electrons. The molecule has 0 saturated heterocycles. The van der Waals surface area contributed by atoms with Gasteiger partial charge in [-0.1, -0.05) is 96.8 Å². The van der Waals surface area contributed by atoms with Gasteiger partial charge in [0.2, 0.25) is 5.91 Å². The van der Waals surface area contributed by atoms with Crippen LogP contribution < -0.4 is 14.9 Å². The lowest BCUT2D eigenvalue weighted by Crippen LogP contribution is -2.17. The summed E-state index contributed by atoms with van der Waals surface area (Å²) in [5.74, 6) is 1.36. The predicted molar refractivity (Wildman–Crippen MR) is 135 cm³/mol. The third-order valence-electron chi connectivity index (χ3n) is 5.84. The van der Waals surface area contributed by atoms with Crippen molar-refractivity contribution in [2.45, 2.75) is 110 Å². The Labute approximate surface area is 196 Å². The fourth-order valence-electron chi connectivity index (χ4n) is 3.83. The first-order chi connectivity index (χ1) is 15.7. The van der Waals surface area contributed by atoms with E-state index >= 15 is 0 Å². The first-order valence-corrected chi connectivity index (χ1v) is 12.7. The molecule has 0 aliphatic rings. The highest BCUT2D eigenvalue weighted by Crippen LogP contribution is 2.22. The maximum Gasteiger partial charge on any atom is 0.240 e. The molecule has 1 N–H and O–H groups in total. The van der Waals surface area contributed by atoms with Gasteiger partial charge in [-0.05, 0) is 24.6 Å². The second-order valence-corrected chi connectivity index (χ2v) is 8.60. The molecule has 0 atom stereocenters. The first kappa shape index (κ1) is 28.0. The zero-order valence-electron chi connectivity index (χ0n) is 20.8. The lowest BCUT2D eigenvalue weighted by atomic mass is 10.0. The van der Waals surface area contributed by atoms with Crippen molar-refractivity contribution in [3.8, 4) is 11.5 Å². The fourth-order valence-corrected chi connectivity index (χ4v) is 3.83. The molecule has 5 heteroatoms. The Morgan fingerprint density at radius 2 is 1.34 bits per heavy atom. The number of carbonyl (C=O) groups excluding carboxylic acids is 1. The third kappa shape index (κ3) is 14.1. The molecular formula is C27H46N2O3. The number of benzene rings is 1. The summed E-state index contributed by atoms with van der Waals surface area (Å²) >= 11 is 0. The summed E-state index contributed by atoms with van der Waals surface area (Å²) in [4.78, 5) is 12.0. The summed E-state index contributed by atoms with van der Waals surface area (Å²) in [5.41, 5.74) is 3.37. The molecule has 0 saturated carbocycles. The van der Waals surface area contributed by atoms with E-state index in [9.17, 15) is 4.79 Å². The van der Waals surface area contributed by atoms with Crippen molar-refractivity contribution in [2.24, 2.45) is 5.10 Å². The van der Waals surface area contributed by atoms with E-state index in [0.29, 0.717) is 12.2 Å². The minimum Gasteiger partial charge on any atom is -0.497 e. The van der Waals surface area contributed by atoms with Crippen molar-refractivity contribution < 1.29 is 14.3 Å². The number of nitrogens with one attached hydrogen (secondary N) is 1. The molecule has 32 heavy (non-hydrogen) atoms. The lowest BCUT2D eigenvalue weighted by molar-refractivity contribution is -0.121. The molecule has 0 fully saturated rings. The van der Waals surface area contributed by atoms with Crippen molar-refractivity contribution in [3.05, 3.63) is 23.8 Å². The van der Waals surface area contributed by atoms with Gasteiger partial charge in [-0.15, -0.1) is 0 Å². The molecule has 0 aromatic heterocycles. The highest BCUT2D eigenvalue weighted by Gasteiger charge is 2.04. The molecule has 0 unspecified atom stereocenters. The summed E-state index contributed by atoms with van der Waals surface area (Å²) in [6.45, 7) is 2.27. The van der Waals surface area contributed by atoms with Crippen molar-refractivity contribution in [1.29, 1.82) is 0 Å². The molecule has 1 amide bonds. The van der Waals surface area contributed by atoms with E-state index in [2.05, 4.69) is 17.5 Å². The largest absolute Gasteiger partial charge is 0.497 e. The Morgan fingerprint density at radius 1 is 0.812 bits per heavy atom. The number of ether oxygens (including phenoxy) is 2. The van der Waals surface area contributed by atoms with Gasteiger partial charge in [-0.2, -0.15) is 5.10 Å². The van der Waals surface area contributed by atoms with Gasteiger partial charge in [0, 0.05) is 12.0 Å². The van der Waals surface area contributed by atoms with Crippen LogP contribution in [0.15, 0.2) is 23.3 Å². The number of methoxy groups -OCH3 is 2. The van der Waals surface area contributed by atoms with E-state index in [-0.39, 0.29) is 5.91 Å². The number of hydrazone groups is 1. The van der Waals surface area contributed by atoms with Gasteiger partial charge in [0.15, 0.2) is 0 Å². The molecule has 0 heterocycles. The SMILES string of the molecule is CCCCCCCCCCCCCCCCCC(=O)N/N=C\c1cc(OC)ccc1OC. The Hall–Kier alpha value is -2.04. The lowest BCUT2D eigenvalue weighted by Gasteiger charge is -2.06. The minimum atomic E-state index is -0.0437. The molecule has 1 aromatic rings. The topological polar surface area (TPSA) is 59.9 Å². The van der Waals surface area contributed by atoms with Crippen LogP contribution in [0.2, 0.25) is 0 Å². The summed E-state index contributed by atoms with van der Waals surface area (Å²) in [5, 5.41) is 4.05. The monoisotopic (exact) mass is 446 g/mol. The van der Waals surface area contributed by atoms with Crippen LogP contribution in [0.1, 0.15) is 115 Å². The number of unbranched alkanes of at least 4 members (excludes halogenated alkanes) is 14. The Morgan fingerprint density at radius 3 is 1.84 bits per heavy atom. The summed E-state index contributed by atoms with van der Waals surface area (Å²) < 4.78 is 10.5. The van der Waals surface area contributed by atoms with Gasteiger partial charge in [0.1, 0.15) is 11.5 Å². The van der Waals surface area contributed by atoms with Crippen LogP contribution in [-0.4, -0.2) is 26.3 Å². The Bertz CT molecular complexity index is 631. The first-order valence-electron chi connectivity index (χ1n) is 12.7. The second kappa shape index (κ2) is 19.6. The number of nitrogens with zero attached hydrogens (tertiary/aromatic N) is 1. The van der Waals surface area contributed by atoms with Crippen LogP contribution in [0.4, 0.5) is 0 Å². The molecule has 1 aromatic carbocycles. The van der Waals surface area contributed by atoms with Crippen molar-refractivity contribution in [3.63, 3.8) is 0 Å². The third-order valence-corrected chi connectivity index (χ3v) is 5.84. The molecule has 5 nitrogen and oxygen atoms in total. The number of hydrogen-bond donors (Lipinski definition) is 1. The second-order valence-electron chi connectivity index (χ2n) is 8.60. The quantitative estimate of drug-likeness (QED) is 0.129. The predicted octanol–water partition coefficient (Wildman–Crippen LogP) is 7.42. The fraction of sp³-hybridized carbons (Fsp3) is 0.704. The molecule has 0 aliphatic heterocycles. The summed E-state index contributed by atoms with van der Waals surface area (Å²) in [6, 6.07) is 5.46. The minimum absolute atomic E-state index is 0.0437. The molecule has 0 bridgehead atoms. The van der Waals surface area contributed by atoms with Crippen LogP contribution >= 0.6 is 0 Å². The molecule has 0 spiro atoms. The van der Waals surface area contributed by atoms with E-state index < -0.39 is 0 Å². The average Bonchev–Trinajstić information content (AvgIpc) is 2.81. The highest BCUT2D eigenvalue weighted by molar-refractivity contribution is 5.85. The van der Waals surface area contributed by atoms with Crippen LogP contribution in [0.3, 0.4) is 0 Å². The van der Waals surface area contributed by atoms with Crippen LogP contribution in [0.5, 0.6) is 11.5 Å². The molecule has 0 radical (unpaired) electrons. The van der Waals surface area contributed by atoms with E-state index in [0.717, 1.165) is 24.2 Å². The zero-order valence-corrected chi connectivity index (χ0v) is 20.8. The van der Waals surface area contributed by atoms with E-state index in [1.807, 2.05) is 18.2 Å². The normalized spacial score (nSPS) is 11.1. The van der Waals surface area contributed by atoms with Crippen molar-refractivity contribution in [1.82, 2.24) is 5.43 Å². The average molecular weight is 447 g/mol. The number of amides is 1. The number of carbonyl (C=O) groups is 1. The highest BCUT2D eigenvalue weighted by atomic mass is 16.5. The van der Waals surface area contributed by atoms with Crippen molar-refractivity contribution >= 4 is 12.1 Å². The Kier molecular flexibility index (Phi) is 17.2. The summed E-state index contributed by atoms with van der Waals surface area (Å²) in [6.07, 6.45) is 21.9. The number of rotatable bonds is 20. The van der Waals surface area contributed by atoms with E-state index in [1.54, 1.807) is 20.4 Å².